The van der Waals surface area contributed by atoms with Crippen LogP contribution in [0, 0.1) is 5.92 Å². The van der Waals surface area contributed by atoms with Gasteiger partial charge in [0.2, 0.25) is 0 Å². The summed E-state index contributed by atoms with van der Waals surface area (Å²) in [7, 11) is 0. The number of nitrogens with zero attached hydrogens (tertiary/aromatic N) is 3. The van der Waals surface area contributed by atoms with Crippen molar-refractivity contribution >= 4 is 26.7 Å². The van der Waals surface area contributed by atoms with E-state index in [1.165, 1.54) is 32.1 Å². The number of aromatic amines is 1. The molecule has 0 saturated heterocycles. The Kier molecular flexibility index (Phi) is 5.13. The Labute approximate surface area is 173 Å². The quantitative estimate of drug-likeness (QED) is 0.420. The van der Waals surface area contributed by atoms with Crippen LogP contribution in [0.3, 0.4) is 0 Å². The molecule has 7 heteroatoms. The van der Waals surface area contributed by atoms with Gasteiger partial charge < -0.3 is 10.1 Å². The van der Waals surface area contributed by atoms with E-state index >= 15 is 0 Å². The summed E-state index contributed by atoms with van der Waals surface area (Å²) < 4.78 is 7.17. The summed E-state index contributed by atoms with van der Waals surface area (Å²) in [5, 5.41) is 11.5. The summed E-state index contributed by atoms with van der Waals surface area (Å²) in [6, 6.07) is 9.87. The molecule has 3 heterocycles. The van der Waals surface area contributed by atoms with E-state index in [0.29, 0.717) is 5.75 Å². The molecule has 5 rings (SSSR count). The predicted molar refractivity (Wildman–Crippen MR) is 117 cm³/mol. The van der Waals surface area contributed by atoms with Crippen molar-refractivity contribution in [2.75, 3.05) is 11.9 Å². The number of hydrogen-bond acceptors (Lipinski definition) is 6. The smallest absolute Gasteiger partial charge is 0.183 e. The minimum atomic E-state index is 0.691. The number of aromatic nitrogens is 4. The highest BCUT2D eigenvalue weighted by atomic mass is 32.1. The monoisotopic (exact) mass is 405 g/mol. The maximum Gasteiger partial charge on any atom is 0.183 e. The first kappa shape index (κ1) is 18.1. The Balaban J connectivity index is 1.29. The molecule has 0 spiro atoms. The van der Waals surface area contributed by atoms with Crippen molar-refractivity contribution in [3.8, 4) is 22.8 Å². The molecule has 4 aromatic rings. The molecule has 2 N–H and O–H groups in total. The lowest BCUT2D eigenvalue weighted by Crippen LogP contribution is -2.16. The molecule has 0 bridgehead atoms. The lowest BCUT2D eigenvalue weighted by Gasteiger charge is -2.21. The van der Waals surface area contributed by atoms with Crippen LogP contribution in [0.4, 0.5) is 5.13 Å². The van der Waals surface area contributed by atoms with Gasteiger partial charge in [-0.25, -0.2) is 4.98 Å². The van der Waals surface area contributed by atoms with E-state index in [0.717, 1.165) is 44.8 Å². The molecule has 1 aliphatic carbocycles. The Morgan fingerprint density at radius 1 is 1.07 bits per heavy atom. The summed E-state index contributed by atoms with van der Waals surface area (Å²) in [5.41, 5.74) is 2.85. The highest BCUT2D eigenvalue weighted by Gasteiger charge is 2.14. The first-order chi connectivity index (χ1) is 14.3. The van der Waals surface area contributed by atoms with Gasteiger partial charge in [0.05, 0.1) is 22.1 Å². The van der Waals surface area contributed by atoms with Crippen molar-refractivity contribution in [1.82, 2.24) is 20.2 Å². The van der Waals surface area contributed by atoms with Crippen LogP contribution in [0.5, 0.6) is 11.5 Å². The number of rotatable bonds is 6. The van der Waals surface area contributed by atoms with E-state index in [-0.39, 0.29) is 0 Å². The van der Waals surface area contributed by atoms with Crippen molar-refractivity contribution < 1.29 is 4.74 Å². The summed E-state index contributed by atoms with van der Waals surface area (Å²) in [6.07, 6.45) is 12.0. The van der Waals surface area contributed by atoms with Gasteiger partial charge in [-0.3, -0.25) is 10.1 Å². The number of benzene rings is 1. The fourth-order valence-corrected chi connectivity index (χ4v) is 4.74. The number of ether oxygens (including phenoxy) is 1. The molecule has 0 atom stereocenters. The molecular formula is C22H23N5OS. The van der Waals surface area contributed by atoms with Crippen LogP contribution in [-0.2, 0) is 0 Å². The van der Waals surface area contributed by atoms with E-state index in [9.17, 15) is 0 Å². The molecular weight excluding hydrogens is 382 g/mol. The van der Waals surface area contributed by atoms with E-state index in [2.05, 4.69) is 20.5 Å². The van der Waals surface area contributed by atoms with Gasteiger partial charge in [-0.15, -0.1) is 0 Å². The van der Waals surface area contributed by atoms with Gasteiger partial charge in [0.25, 0.3) is 0 Å². The van der Waals surface area contributed by atoms with Gasteiger partial charge in [-0.2, -0.15) is 5.10 Å². The van der Waals surface area contributed by atoms with Crippen LogP contribution < -0.4 is 10.1 Å². The molecule has 1 aromatic carbocycles. The van der Waals surface area contributed by atoms with Crippen molar-refractivity contribution in [3.05, 3.63) is 48.9 Å². The lowest BCUT2D eigenvalue weighted by molar-refractivity contribution is 0.373. The van der Waals surface area contributed by atoms with E-state index in [1.807, 2.05) is 30.3 Å². The zero-order valence-corrected chi connectivity index (χ0v) is 16.9. The first-order valence-electron chi connectivity index (χ1n) is 10.1. The van der Waals surface area contributed by atoms with E-state index in [4.69, 9.17) is 9.72 Å². The van der Waals surface area contributed by atoms with Crippen LogP contribution in [0.25, 0.3) is 21.5 Å². The molecule has 3 aromatic heterocycles. The van der Waals surface area contributed by atoms with Crippen LogP contribution in [0.2, 0.25) is 0 Å². The van der Waals surface area contributed by atoms with Crippen molar-refractivity contribution in [2.24, 2.45) is 5.92 Å². The van der Waals surface area contributed by atoms with E-state index < -0.39 is 0 Å². The maximum absolute atomic E-state index is 6.05. The highest BCUT2D eigenvalue weighted by Crippen LogP contribution is 2.32. The van der Waals surface area contributed by atoms with Gasteiger partial charge in [-0.1, -0.05) is 30.6 Å². The molecule has 0 unspecified atom stereocenters. The molecule has 0 amide bonds. The average Bonchev–Trinajstić information content (AvgIpc) is 3.43. The summed E-state index contributed by atoms with van der Waals surface area (Å²) in [6.45, 7) is 1.02. The molecule has 0 aliphatic heterocycles. The van der Waals surface area contributed by atoms with Crippen LogP contribution in [0.15, 0.2) is 48.9 Å². The molecule has 1 aliphatic rings. The number of anilines is 1. The van der Waals surface area contributed by atoms with Crippen molar-refractivity contribution in [3.63, 3.8) is 0 Å². The second kappa shape index (κ2) is 8.21. The zero-order chi connectivity index (χ0) is 19.5. The number of nitrogens with one attached hydrogen (secondary N) is 2. The molecule has 6 nitrogen and oxygen atoms in total. The number of thiazole rings is 1. The summed E-state index contributed by atoms with van der Waals surface area (Å²) in [5.74, 6) is 2.25. The third-order valence-electron chi connectivity index (χ3n) is 5.39. The Morgan fingerprint density at radius 3 is 2.86 bits per heavy atom. The molecule has 0 radical (unpaired) electrons. The lowest BCUT2D eigenvalue weighted by atomic mass is 9.89. The largest absolute Gasteiger partial charge is 0.456 e. The first-order valence-corrected chi connectivity index (χ1v) is 10.9. The number of hydrogen-bond donors (Lipinski definition) is 2. The second-order valence-corrected chi connectivity index (χ2v) is 8.55. The zero-order valence-electron chi connectivity index (χ0n) is 16.1. The minimum Gasteiger partial charge on any atom is -0.456 e. The van der Waals surface area contributed by atoms with Crippen LogP contribution >= 0.6 is 11.3 Å². The summed E-state index contributed by atoms with van der Waals surface area (Å²) in [4.78, 5) is 9.00. The Bertz CT molecular complexity index is 1090. The minimum absolute atomic E-state index is 0.691. The van der Waals surface area contributed by atoms with Gasteiger partial charge in [0.1, 0.15) is 11.5 Å². The third kappa shape index (κ3) is 4.24. The fourth-order valence-electron chi connectivity index (χ4n) is 3.84. The van der Waals surface area contributed by atoms with Crippen molar-refractivity contribution in [1.29, 1.82) is 0 Å². The topological polar surface area (TPSA) is 75.7 Å². The van der Waals surface area contributed by atoms with Gasteiger partial charge in [-0.05, 0) is 43.0 Å². The summed E-state index contributed by atoms with van der Waals surface area (Å²) >= 11 is 1.68. The van der Waals surface area contributed by atoms with Crippen LogP contribution in [0.1, 0.15) is 32.1 Å². The van der Waals surface area contributed by atoms with Crippen molar-refractivity contribution in [2.45, 2.75) is 32.1 Å². The highest BCUT2D eigenvalue weighted by molar-refractivity contribution is 7.22. The fraction of sp³-hybridized carbons (Fsp3) is 0.318. The molecule has 148 valence electrons. The SMILES string of the molecule is c1cc(-c2cncc(Oc3ccc4nc(NCC5CCCCC5)sc4c3)c2)[nH]n1. The molecule has 1 fully saturated rings. The number of fused-ring (bicyclic) bond motifs is 1. The Hall–Kier alpha value is -2.93. The predicted octanol–water partition coefficient (Wildman–Crippen LogP) is 5.87. The second-order valence-electron chi connectivity index (χ2n) is 7.52. The van der Waals surface area contributed by atoms with Gasteiger partial charge in [0.15, 0.2) is 5.13 Å². The van der Waals surface area contributed by atoms with Crippen LogP contribution in [-0.4, -0.2) is 26.7 Å². The third-order valence-corrected chi connectivity index (χ3v) is 6.36. The van der Waals surface area contributed by atoms with Gasteiger partial charge >= 0.3 is 0 Å². The maximum atomic E-state index is 6.05. The van der Waals surface area contributed by atoms with Gasteiger partial charge in [0, 0.05) is 30.6 Å². The average molecular weight is 406 g/mol. The number of pyridine rings is 1. The number of H-pyrrole nitrogens is 1. The molecule has 29 heavy (non-hydrogen) atoms. The van der Waals surface area contributed by atoms with E-state index in [1.54, 1.807) is 29.9 Å². The molecule has 1 saturated carbocycles. The standard InChI is InChI=1S/C22H23N5OS/c1-2-4-15(5-3-1)12-24-22-26-20-7-6-17(11-21(20)29-22)28-18-10-16(13-23-14-18)19-8-9-25-27-19/h6-11,13-15H,1-5,12H2,(H,24,26)(H,25,27). The normalized spacial score (nSPS) is 14.9. The Morgan fingerprint density at radius 2 is 2.00 bits per heavy atom.